The normalized spacial score (nSPS) is 26.0. The molecule has 1 aliphatic heterocycles. The molecule has 0 aromatic carbocycles. The largest absolute Gasteiger partial charge is 0.342 e. The van der Waals surface area contributed by atoms with Gasteiger partial charge >= 0.3 is 0 Å². The Labute approximate surface area is 144 Å². The van der Waals surface area contributed by atoms with E-state index in [1.54, 1.807) is 6.20 Å². The van der Waals surface area contributed by atoms with Gasteiger partial charge < -0.3 is 10.6 Å². The number of H-pyrrole nitrogens is 1. The quantitative estimate of drug-likeness (QED) is 0.861. The van der Waals surface area contributed by atoms with Crippen molar-refractivity contribution in [1.29, 1.82) is 0 Å². The van der Waals surface area contributed by atoms with E-state index in [1.165, 1.54) is 5.69 Å². The molecule has 1 aromatic heterocycles. The zero-order valence-electron chi connectivity index (χ0n) is 12.7. The average Bonchev–Trinajstić information content (AvgIpc) is 3.01. The number of nitrogens with two attached hydrogens (primary N) is 1. The van der Waals surface area contributed by atoms with Crippen LogP contribution in [0.2, 0.25) is 0 Å². The molecular weight excluding hydrogens is 323 g/mol. The van der Waals surface area contributed by atoms with E-state index in [4.69, 9.17) is 5.73 Å². The third-order valence-electron chi connectivity index (χ3n) is 4.83. The number of piperidine rings is 1. The van der Waals surface area contributed by atoms with Crippen LogP contribution < -0.4 is 5.73 Å². The van der Waals surface area contributed by atoms with Crippen LogP contribution in [0.5, 0.6) is 0 Å². The van der Waals surface area contributed by atoms with Gasteiger partial charge in [-0.2, -0.15) is 5.10 Å². The molecular formula is C15H26Cl2N4O. The number of hydrogen-bond donors (Lipinski definition) is 2. The molecule has 1 aromatic rings. The molecule has 7 heteroatoms. The van der Waals surface area contributed by atoms with Gasteiger partial charge in [0.2, 0.25) is 5.91 Å². The van der Waals surface area contributed by atoms with Crippen molar-refractivity contribution in [2.45, 2.75) is 50.5 Å². The molecule has 0 spiro atoms. The van der Waals surface area contributed by atoms with Crippen LogP contribution in [-0.4, -0.2) is 40.1 Å². The molecule has 2 unspecified atom stereocenters. The standard InChI is InChI=1S/C15H24N4O.2ClH/c16-13-3-1-2-12(10-13)15(20)19-8-5-11(6-9-19)14-4-7-17-18-14;;/h4,7,11-13H,1-3,5-6,8-10,16H2,(H,17,18);2*1H. The van der Waals surface area contributed by atoms with Crippen molar-refractivity contribution in [2.75, 3.05) is 13.1 Å². The number of amides is 1. The summed E-state index contributed by atoms with van der Waals surface area (Å²) in [6.07, 6.45) is 7.94. The predicted octanol–water partition coefficient (Wildman–Crippen LogP) is 2.48. The summed E-state index contributed by atoms with van der Waals surface area (Å²) in [7, 11) is 0. The second-order valence-corrected chi connectivity index (χ2v) is 6.24. The molecule has 2 atom stereocenters. The Kier molecular flexibility index (Phi) is 7.66. The lowest BCUT2D eigenvalue weighted by molar-refractivity contribution is -0.137. The van der Waals surface area contributed by atoms with Crippen LogP contribution >= 0.6 is 24.8 Å². The summed E-state index contributed by atoms with van der Waals surface area (Å²) in [5, 5.41) is 7.06. The Bertz CT molecular complexity index is 446. The first-order valence-electron chi connectivity index (χ1n) is 7.77. The van der Waals surface area contributed by atoms with Gasteiger partial charge in [0.05, 0.1) is 0 Å². The van der Waals surface area contributed by atoms with Crippen molar-refractivity contribution in [1.82, 2.24) is 15.1 Å². The Balaban J connectivity index is 0.00000121. The van der Waals surface area contributed by atoms with Crippen LogP contribution in [-0.2, 0) is 4.79 Å². The van der Waals surface area contributed by atoms with Gasteiger partial charge in [0, 0.05) is 42.9 Å². The van der Waals surface area contributed by atoms with E-state index >= 15 is 0 Å². The molecule has 22 heavy (non-hydrogen) atoms. The van der Waals surface area contributed by atoms with Crippen molar-refractivity contribution in [3.63, 3.8) is 0 Å². The number of aromatic amines is 1. The monoisotopic (exact) mass is 348 g/mol. The molecule has 0 radical (unpaired) electrons. The Morgan fingerprint density at radius 1 is 1.23 bits per heavy atom. The van der Waals surface area contributed by atoms with Crippen LogP contribution in [0.15, 0.2) is 12.3 Å². The number of likely N-dealkylation sites (tertiary alicyclic amines) is 1. The number of carbonyl (C=O) groups is 1. The highest BCUT2D eigenvalue weighted by atomic mass is 35.5. The van der Waals surface area contributed by atoms with Gasteiger partial charge in [-0.3, -0.25) is 9.89 Å². The minimum Gasteiger partial charge on any atom is -0.342 e. The average molecular weight is 349 g/mol. The second-order valence-electron chi connectivity index (χ2n) is 6.24. The summed E-state index contributed by atoms with van der Waals surface area (Å²) in [6.45, 7) is 1.74. The number of aromatic nitrogens is 2. The number of halogens is 2. The summed E-state index contributed by atoms with van der Waals surface area (Å²) in [6, 6.07) is 2.27. The summed E-state index contributed by atoms with van der Waals surface area (Å²) >= 11 is 0. The highest BCUT2D eigenvalue weighted by Crippen LogP contribution is 2.30. The zero-order chi connectivity index (χ0) is 13.9. The summed E-state index contributed by atoms with van der Waals surface area (Å²) in [5.41, 5.74) is 7.20. The molecule has 3 rings (SSSR count). The van der Waals surface area contributed by atoms with E-state index in [2.05, 4.69) is 15.1 Å². The lowest BCUT2D eigenvalue weighted by atomic mass is 9.84. The SMILES string of the molecule is Cl.Cl.NC1CCCC(C(=O)N2CCC(c3ccn[nH]3)CC2)C1. The predicted molar refractivity (Wildman–Crippen MR) is 91.6 cm³/mol. The molecule has 1 aliphatic carbocycles. The third kappa shape index (κ3) is 4.37. The minimum atomic E-state index is 0. The first kappa shape index (κ1) is 19.3. The Morgan fingerprint density at radius 2 is 1.95 bits per heavy atom. The van der Waals surface area contributed by atoms with Gasteiger partial charge in [-0.25, -0.2) is 0 Å². The van der Waals surface area contributed by atoms with Crippen LogP contribution in [0.3, 0.4) is 0 Å². The van der Waals surface area contributed by atoms with Gasteiger partial charge in [-0.05, 0) is 38.2 Å². The Morgan fingerprint density at radius 3 is 2.55 bits per heavy atom. The Hall–Kier alpha value is -0.780. The number of nitrogens with zero attached hydrogens (tertiary/aromatic N) is 2. The van der Waals surface area contributed by atoms with Crippen molar-refractivity contribution >= 4 is 30.7 Å². The third-order valence-corrected chi connectivity index (χ3v) is 4.83. The highest BCUT2D eigenvalue weighted by molar-refractivity contribution is 5.85. The first-order chi connectivity index (χ1) is 9.74. The highest BCUT2D eigenvalue weighted by Gasteiger charge is 2.31. The molecule has 2 aliphatic rings. The van der Waals surface area contributed by atoms with Crippen molar-refractivity contribution < 1.29 is 4.79 Å². The topological polar surface area (TPSA) is 75.0 Å². The van der Waals surface area contributed by atoms with Crippen LogP contribution in [0.1, 0.15) is 50.1 Å². The van der Waals surface area contributed by atoms with E-state index < -0.39 is 0 Å². The maximum absolute atomic E-state index is 12.5. The number of carbonyl (C=O) groups excluding carboxylic acids is 1. The zero-order valence-corrected chi connectivity index (χ0v) is 14.4. The van der Waals surface area contributed by atoms with Gasteiger partial charge in [0.1, 0.15) is 0 Å². The van der Waals surface area contributed by atoms with Gasteiger partial charge in [-0.1, -0.05) is 6.42 Å². The minimum absolute atomic E-state index is 0. The molecule has 3 N–H and O–H groups in total. The van der Waals surface area contributed by atoms with Crippen molar-refractivity contribution in [3.05, 3.63) is 18.0 Å². The van der Waals surface area contributed by atoms with Gasteiger partial charge in [0.25, 0.3) is 0 Å². The fourth-order valence-electron chi connectivity index (χ4n) is 3.61. The summed E-state index contributed by atoms with van der Waals surface area (Å²) in [5.74, 6) is 1.03. The van der Waals surface area contributed by atoms with E-state index in [0.717, 1.165) is 51.6 Å². The van der Waals surface area contributed by atoms with Crippen molar-refractivity contribution in [2.24, 2.45) is 11.7 Å². The smallest absolute Gasteiger partial charge is 0.225 e. The molecule has 1 amide bonds. The number of nitrogens with one attached hydrogen (secondary N) is 1. The number of hydrogen-bond acceptors (Lipinski definition) is 3. The van der Waals surface area contributed by atoms with E-state index in [9.17, 15) is 4.79 Å². The molecule has 1 saturated heterocycles. The molecule has 1 saturated carbocycles. The number of rotatable bonds is 2. The molecule has 2 heterocycles. The molecule has 2 fully saturated rings. The van der Waals surface area contributed by atoms with E-state index in [1.807, 2.05) is 6.07 Å². The van der Waals surface area contributed by atoms with Crippen molar-refractivity contribution in [3.8, 4) is 0 Å². The van der Waals surface area contributed by atoms with Crippen LogP contribution in [0.4, 0.5) is 0 Å². The van der Waals surface area contributed by atoms with Gasteiger partial charge in [-0.15, -0.1) is 24.8 Å². The fraction of sp³-hybridized carbons (Fsp3) is 0.733. The molecule has 5 nitrogen and oxygen atoms in total. The summed E-state index contributed by atoms with van der Waals surface area (Å²) in [4.78, 5) is 14.6. The van der Waals surface area contributed by atoms with Crippen LogP contribution in [0.25, 0.3) is 0 Å². The maximum Gasteiger partial charge on any atom is 0.225 e. The first-order valence-corrected chi connectivity index (χ1v) is 7.77. The second kappa shape index (κ2) is 8.75. The van der Waals surface area contributed by atoms with E-state index in [0.29, 0.717) is 11.8 Å². The van der Waals surface area contributed by atoms with Crippen LogP contribution in [0, 0.1) is 5.92 Å². The lowest BCUT2D eigenvalue weighted by Gasteiger charge is -2.35. The summed E-state index contributed by atoms with van der Waals surface area (Å²) < 4.78 is 0. The fourth-order valence-corrected chi connectivity index (χ4v) is 3.61. The molecule has 126 valence electrons. The lowest BCUT2D eigenvalue weighted by Crippen LogP contribution is -2.44. The van der Waals surface area contributed by atoms with Gasteiger partial charge in [0.15, 0.2) is 0 Å². The maximum atomic E-state index is 12.5. The van der Waals surface area contributed by atoms with E-state index in [-0.39, 0.29) is 36.8 Å². The molecule has 0 bridgehead atoms.